The van der Waals surface area contributed by atoms with E-state index < -0.39 is 5.60 Å². The van der Waals surface area contributed by atoms with Crippen molar-refractivity contribution in [3.8, 4) is 0 Å². The van der Waals surface area contributed by atoms with E-state index in [2.05, 4.69) is 13.0 Å². The average molecular weight is 234 g/mol. The van der Waals surface area contributed by atoms with Gasteiger partial charge in [0.1, 0.15) is 0 Å². The minimum absolute atomic E-state index is 0.282. The fraction of sp³-hybridized carbons (Fsp3) is 0.667. The molecular formula is C15H22O2. The van der Waals surface area contributed by atoms with E-state index in [4.69, 9.17) is 0 Å². The molecule has 0 aromatic carbocycles. The molecule has 0 fully saturated rings. The number of hydrogen-bond donors (Lipinski definition) is 1. The van der Waals surface area contributed by atoms with Crippen molar-refractivity contribution in [1.29, 1.82) is 0 Å². The van der Waals surface area contributed by atoms with Gasteiger partial charge in [0.15, 0.2) is 5.78 Å². The van der Waals surface area contributed by atoms with Crippen molar-refractivity contribution in [1.82, 2.24) is 0 Å². The van der Waals surface area contributed by atoms with E-state index in [0.717, 1.165) is 24.0 Å². The molecule has 94 valence electrons. The molecule has 0 amide bonds. The summed E-state index contributed by atoms with van der Waals surface area (Å²) in [5, 5.41) is 10.1. The largest absolute Gasteiger partial charge is 0.386 e. The first-order valence-corrected chi connectivity index (χ1v) is 6.48. The van der Waals surface area contributed by atoms with E-state index in [1.807, 2.05) is 20.8 Å². The Morgan fingerprint density at radius 1 is 1.41 bits per heavy atom. The second-order valence-electron chi connectivity index (χ2n) is 6.06. The van der Waals surface area contributed by atoms with Crippen LogP contribution in [0.25, 0.3) is 0 Å². The second kappa shape index (κ2) is 4.09. The minimum atomic E-state index is -0.770. The number of allylic oxidation sites excluding steroid dienone is 3. The summed E-state index contributed by atoms with van der Waals surface area (Å²) in [6.07, 6.45) is 4.75. The van der Waals surface area contributed by atoms with E-state index in [1.54, 1.807) is 0 Å². The van der Waals surface area contributed by atoms with Gasteiger partial charge in [0.05, 0.1) is 5.60 Å². The number of fused-ring (bicyclic) bond motifs is 1. The van der Waals surface area contributed by atoms with Crippen molar-refractivity contribution in [2.45, 2.75) is 52.6 Å². The predicted molar refractivity (Wildman–Crippen MR) is 68.6 cm³/mol. The Hall–Kier alpha value is -0.890. The molecule has 2 heteroatoms. The molecule has 2 atom stereocenters. The van der Waals surface area contributed by atoms with Gasteiger partial charge in [-0.25, -0.2) is 0 Å². The summed E-state index contributed by atoms with van der Waals surface area (Å²) in [7, 11) is 0. The Morgan fingerprint density at radius 3 is 2.65 bits per heavy atom. The van der Waals surface area contributed by atoms with Gasteiger partial charge in [-0.3, -0.25) is 4.79 Å². The Bertz CT molecular complexity index is 407. The summed E-state index contributed by atoms with van der Waals surface area (Å²) in [4.78, 5) is 11.8. The highest BCUT2D eigenvalue weighted by Gasteiger charge is 2.35. The van der Waals surface area contributed by atoms with Crippen LogP contribution in [0.3, 0.4) is 0 Å². The number of carbonyl (C=O) groups excluding carboxylic acids is 1. The summed E-state index contributed by atoms with van der Waals surface area (Å²) in [6.45, 7) is 7.80. The van der Waals surface area contributed by atoms with Gasteiger partial charge in [0, 0.05) is 6.42 Å². The summed E-state index contributed by atoms with van der Waals surface area (Å²) in [5.74, 6) is 1.19. The molecule has 0 bridgehead atoms. The standard InChI is InChI=1S/C15H22O2/c1-9-5-6-11(15(3,4)17)7-13-10(2)14(16)8-12(9)13/h7,9,12,17H,5-6,8H2,1-4H3. The molecule has 2 unspecified atom stereocenters. The van der Waals surface area contributed by atoms with Crippen molar-refractivity contribution in [3.05, 3.63) is 22.8 Å². The molecule has 0 radical (unpaired) electrons. The zero-order valence-electron chi connectivity index (χ0n) is 11.2. The molecule has 0 aromatic heterocycles. The molecule has 0 saturated heterocycles. The Labute approximate surface area is 103 Å². The van der Waals surface area contributed by atoms with Crippen molar-refractivity contribution < 1.29 is 9.90 Å². The predicted octanol–water partition coefficient (Wildman–Crippen LogP) is 3.02. The Kier molecular flexibility index (Phi) is 3.03. The van der Waals surface area contributed by atoms with Crippen molar-refractivity contribution in [3.63, 3.8) is 0 Å². The van der Waals surface area contributed by atoms with E-state index in [9.17, 15) is 9.90 Å². The van der Waals surface area contributed by atoms with Crippen molar-refractivity contribution >= 4 is 5.78 Å². The minimum Gasteiger partial charge on any atom is -0.386 e. The summed E-state index contributed by atoms with van der Waals surface area (Å²) in [6, 6.07) is 0. The highest BCUT2D eigenvalue weighted by Crippen LogP contribution is 2.42. The lowest BCUT2D eigenvalue weighted by atomic mass is 9.87. The maximum Gasteiger partial charge on any atom is 0.159 e. The molecular weight excluding hydrogens is 212 g/mol. The number of Topliss-reactive ketones (excluding diaryl/α,β-unsaturated/α-hetero) is 1. The van der Waals surface area contributed by atoms with Crippen molar-refractivity contribution in [2.24, 2.45) is 11.8 Å². The zero-order chi connectivity index (χ0) is 12.8. The van der Waals surface area contributed by atoms with E-state index in [1.165, 1.54) is 5.57 Å². The number of hydrogen-bond acceptors (Lipinski definition) is 2. The van der Waals surface area contributed by atoms with Crippen LogP contribution in [0.5, 0.6) is 0 Å². The normalized spacial score (nSPS) is 30.2. The summed E-state index contributed by atoms with van der Waals surface area (Å²) in [5.41, 5.74) is 2.38. The van der Waals surface area contributed by atoms with Gasteiger partial charge in [-0.1, -0.05) is 13.0 Å². The molecule has 0 spiro atoms. The Balaban J connectivity index is 2.46. The number of ketones is 1. The molecule has 2 nitrogen and oxygen atoms in total. The van der Waals surface area contributed by atoms with Gasteiger partial charge in [-0.15, -0.1) is 0 Å². The lowest BCUT2D eigenvalue weighted by molar-refractivity contribution is -0.115. The first-order chi connectivity index (χ1) is 7.80. The topological polar surface area (TPSA) is 37.3 Å². The maximum atomic E-state index is 11.8. The molecule has 17 heavy (non-hydrogen) atoms. The third kappa shape index (κ3) is 2.23. The SMILES string of the molecule is CC1=C2C=C(C(C)(C)O)CCC(C)C2CC1=O. The van der Waals surface area contributed by atoms with Gasteiger partial charge >= 0.3 is 0 Å². The lowest BCUT2D eigenvalue weighted by Gasteiger charge is -2.21. The van der Waals surface area contributed by atoms with Gasteiger partial charge in [0.2, 0.25) is 0 Å². The monoisotopic (exact) mass is 234 g/mol. The highest BCUT2D eigenvalue weighted by molar-refractivity contribution is 5.99. The van der Waals surface area contributed by atoms with Crippen LogP contribution >= 0.6 is 0 Å². The lowest BCUT2D eigenvalue weighted by Crippen LogP contribution is -2.22. The molecule has 2 aliphatic rings. The Morgan fingerprint density at radius 2 is 2.06 bits per heavy atom. The van der Waals surface area contributed by atoms with Crippen LogP contribution in [-0.4, -0.2) is 16.5 Å². The van der Waals surface area contributed by atoms with Gasteiger partial charge in [-0.2, -0.15) is 0 Å². The van der Waals surface area contributed by atoms with Crippen LogP contribution < -0.4 is 0 Å². The first-order valence-electron chi connectivity index (χ1n) is 6.48. The zero-order valence-corrected chi connectivity index (χ0v) is 11.2. The fourth-order valence-electron chi connectivity index (χ4n) is 2.95. The van der Waals surface area contributed by atoms with Crippen LogP contribution in [0.1, 0.15) is 47.0 Å². The molecule has 0 aliphatic heterocycles. The third-order valence-electron chi connectivity index (χ3n) is 4.33. The number of rotatable bonds is 1. The van der Waals surface area contributed by atoms with Gasteiger partial charge < -0.3 is 5.11 Å². The average Bonchev–Trinajstić information content (AvgIpc) is 2.40. The highest BCUT2D eigenvalue weighted by atomic mass is 16.3. The summed E-state index contributed by atoms with van der Waals surface area (Å²) >= 11 is 0. The van der Waals surface area contributed by atoms with Crippen LogP contribution in [-0.2, 0) is 4.79 Å². The van der Waals surface area contributed by atoms with Gasteiger partial charge in [0.25, 0.3) is 0 Å². The van der Waals surface area contributed by atoms with Crippen LogP contribution in [0.15, 0.2) is 22.8 Å². The smallest absolute Gasteiger partial charge is 0.159 e. The third-order valence-corrected chi connectivity index (χ3v) is 4.33. The molecule has 1 N–H and O–H groups in total. The number of carbonyl (C=O) groups is 1. The number of aliphatic hydroxyl groups is 1. The molecule has 2 aliphatic carbocycles. The van der Waals surface area contributed by atoms with Crippen molar-refractivity contribution in [2.75, 3.05) is 0 Å². The molecule has 2 rings (SSSR count). The van der Waals surface area contributed by atoms with E-state index in [0.29, 0.717) is 18.3 Å². The van der Waals surface area contributed by atoms with E-state index in [-0.39, 0.29) is 5.78 Å². The maximum absolute atomic E-state index is 11.8. The second-order valence-corrected chi connectivity index (χ2v) is 6.06. The van der Waals surface area contributed by atoms with Crippen LogP contribution in [0.2, 0.25) is 0 Å². The van der Waals surface area contributed by atoms with Crippen LogP contribution in [0, 0.1) is 11.8 Å². The fourth-order valence-corrected chi connectivity index (χ4v) is 2.95. The molecule has 0 aromatic rings. The quantitative estimate of drug-likeness (QED) is 0.757. The van der Waals surface area contributed by atoms with E-state index >= 15 is 0 Å². The van der Waals surface area contributed by atoms with Gasteiger partial charge in [-0.05, 0) is 62.2 Å². The first kappa shape index (κ1) is 12.6. The summed E-state index contributed by atoms with van der Waals surface area (Å²) < 4.78 is 0. The van der Waals surface area contributed by atoms with Crippen LogP contribution in [0.4, 0.5) is 0 Å². The molecule has 0 heterocycles. The molecule has 0 saturated carbocycles.